The topological polar surface area (TPSA) is 48.7 Å². The highest BCUT2D eigenvalue weighted by Gasteiger charge is 2.12. The molecule has 0 amide bonds. The van der Waals surface area contributed by atoms with Gasteiger partial charge in [-0.1, -0.05) is 32.0 Å². The number of hydrogen-bond donors (Lipinski definition) is 1. The quantitative estimate of drug-likeness (QED) is 0.900. The Morgan fingerprint density at radius 3 is 2.29 bits per heavy atom. The fraction of sp³-hybridized carbons (Fsp3) is 0.333. The Kier molecular flexibility index (Phi) is 4.59. The zero-order valence-corrected chi connectivity index (χ0v) is 13.1. The summed E-state index contributed by atoms with van der Waals surface area (Å²) >= 11 is 0. The van der Waals surface area contributed by atoms with E-state index in [2.05, 4.69) is 48.4 Å². The highest BCUT2D eigenvalue weighted by molar-refractivity contribution is 5.70. The van der Waals surface area contributed by atoms with Crippen LogP contribution in [0, 0.1) is 25.2 Å². The summed E-state index contributed by atoms with van der Waals surface area (Å²) in [5, 5.41) is 12.8. The van der Waals surface area contributed by atoms with Gasteiger partial charge in [0, 0.05) is 11.4 Å². The fourth-order valence-electron chi connectivity index (χ4n) is 2.59. The van der Waals surface area contributed by atoms with Crippen molar-refractivity contribution in [3.8, 4) is 6.07 Å². The molecule has 2 rings (SSSR count). The van der Waals surface area contributed by atoms with Crippen LogP contribution in [0.5, 0.6) is 0 Å². The molecular weight excluding hydrogens is 258 g/mol. The Bertz CT molecular complexity index is 674. The minimum atomic E-state index is 0.619. The summed E-state index contributed by atoms with van der Waals surface area (Å²) in [4.78, 5) is 4.52. The number of hydrogen-bond acceptors (Lipinski definition) is 3. The molecule has 0 aliphatic rings. The summed E-state index contributed by atoms with van der Waals surface area (Å²) in [5.74, 6) is 0.658. The smallest absolute Gasteiger partial charge is 0.148 e. The van der Waals surface area contributed by atoms with Crippen LogP contribution in [0.3, 0.4) is 0 Å². The zero-order chi connectivity index (χ0) is 15.4. The average molecular weight is 279 g/mol. The van der Waals surface area contributed by atoms with Gasteiger partial charge in [-0.2, -0.15) is 5.26 Å². The predicted octanol–water partition coefficient (Wildman–Crippen LogP) is 4.44. The van der Waals surface area contributed by atoms with Crippen molar-refractivity contribution in [2.45, 2.75) is 40.5 Å². The number of aromatic nitrogens is 1. The third-order valence-corrected chi connectivity index (χ3v) is 3.70. The summed E-state index contributed by atoms with van der Waals surface area (Å²) in [6, 6.07) is 10.5. The molecule has 0 bridgehead atoms. The second-order valence-corrected chi connectivity index (χ2v) is 5.20. The standard InChI is InChI=1S/C18H21N3/c1-5-14-8-7-9-15(6-2)17(14)21-18-16(11-19)12(3)10-13(4)20-18/h7-10H,5-6H2,1-4H3,(H,20,21). The number of pyridine rings is 1. The maximum absolute atomic E-state index is 9.39. The van der Waals surface area contributed by atoms with E-state index in [0.29, 0.717) is 11.4 Å². The van der Waals surface area contributed by atoms with Gasteiger partial charge in [-0.25, -0.2) is 4.98 Å². The van der Waals surface area contributed by atoms with E-state index in [-0.39, 0.29) is 0 Å². The molecule has 1 N–H and O–H groups in total. The van der Waals surface area contributed by atoms with Gasteiger partial charge in [0.1, 0.15) is 11.9 Å². The summed E-state index contributed by atoms with van der Waals surface area (Å²) in [5.41, 5.74) is 6.09. The molecule has 21 heavy (non-hydrogen) atoms. The second-order valence-electron chi connectivity index (χ2n) is 5.20. The molecule has 0 atom stereocenters. The molecule has 0 aliphatic carbocycles. The summed E-state index contributed by atoms with van der Waals surface area (Å²) in [6.07, 6.45) is 1.89. The van der Waals surface area contributed by atoms with Gasteiger partial charge in [-0.05, 0) is 49.4 Å². The molecule has 0 saturated carbocycles. The zero-order valence-electron chi connectivity index (χ0n) is 13.1. The van der Waals surface area contributed by atoms with Crippen LogP contribution in [-0.4, -0.2) is 4.98 Å². The third-order valence-electron chi connectivity index (χ3n) is 3.70. The van der Waals surface area contributed by atoms with Gasteiger partial charge in [0.15, 0.2) is 0 Å². The maximum atomic E-state index is 9.39. The highest BCUT2D eigenvalue weighted by Crippen LogP contribution is 2.28. The largest absolute Gasteiger partial charge is 0.339 e. The van der Waals surface area contributed by atoms with Crippen LogP contribution in [0.4, 0.5) is 11.5 Å². The highest BCUT2D eigenvalue weighted by atomic mass is 15.0. The first-order valence-corrected chi connectivity index (χ1v) is 7.36. The van der Waals surface area contributed by atoms with Crippen molar-refractivity contribution >= 4 is 11.5 Å². The van der Waals surface area contributed by atoms with E-state index in [1.165, 1.54) is 11.1 Å². The lowest BCUT2D eigenvalue weighted by atomic mass is 10.0. The Labute approximate surface area is 126 Å². The molecule has 0 spiro atoms. The lowest BCUT2D eigenvalue weighted by Crippen LogP contribution is -2.05. The number of nitrogens with one attached hydrogen (secondary N) is 1. The van der Waals surface area contributed by atoms with Gasteiger partial charge in [0.05, 0.1) is 5.56 Å². The molecular formula is C18H21N3. The minimum Gasteiger partial charge on any atom is -0.339 e. The Morgan fingerprint density at radius 2 is 1.76 bits per heavy atom. The Balaban J connectivity index is 2.55. The Hall–Kier alpha value is -2.34. The summed E-state index contributed by atoms with van der Waals surface area (Å²) in [7, 11) is 0. The molecule has 0 radical (unpaired) electrons. The number of rotatable bonds is 4. The number of anilines is 2. The molecule has 2 aromatic rings. The van der Waals surface area contributed by atoms with E-state index in [1.807, 2.05) is 19.9 Å². The predicted molar refractivity (Wildman–Crippen MR) is 86.9 cm³/mol. The van der Waals surface area contributed by atoms with Crippen molar-refractivity contribution in [3.63, 3.8) is 0 Å². The first-order valence-electron chi connectivity index (χ1n) is 7.36. The molecule has 0 unspecified atom stereocenters. The number of nitrogens with zero attached hydrogens (tertiary/aromatic N) is 2. The van der Waals surface area contributed by atoms with Gasteiger partial charge >= 0.3 is 0 Å². The molecule has 108 valence electrons. The lowest BCUT2D eigenvalue weighted by molar-refractivity contribution is 1.08. The first-order chi connectivity index (χ1) is 10.1. The molecule has 3 nitrogen and oxygen atoms in total. The van der Waals surface area contributed by atoms with Crippen LogP contribution in [0.15, 0.2) is 24.3 Å². The number of benzene rings is 1. The van der Waals surface area contributed by atoms with Crippen molar-refractivity contribution in [2.75, 3.05) is 5.32 Å². The van der Waals surface area contributed by atoms with E-state index in [1.54, 1.807) is 0 Å². The van der Waals surface area contributed by atoms with Crippen LogP contribution in [0.25, 0.3) is 0 Å². The average Bonchev–Trinajstić information content (AvgIpc) is 2.47. The first kappa shape index (κ1) is 15.1. The van der Waals surface area contributed by atoms with Crippen LogP contribution in [-0.2, 0) is 12.8 Å². The van der Waals surface area contributed by atoms with Crippen molar-refractivity contribution in [2.24, 2.45) is 0 Å². The van der Waals surface area contributed by atoms with Gasteiger partial charge in [0.25, 0.3) is 0 Å². The van der Waals surface area contributed by atoms with Gasteiger partial charge in [0.2, 0.25) is 0 Å². The molecule has 1 heterocycles. The second kappa shape index (κ2) is 6.41. The van der Waals surface area contributed by atoms with Gasteiger partial charge < -0.3 is 5.32 Å². The molecule has 1 aromatic carbocycles. The molecule has 0 aliphatic heterocycles. The maximum Gasteiger partial charge on any atom is 0.148 e. The number of para-hydroxylation sites is 1. The normalized spacial score (nSPS) is 10.2. The van der Waals surface area contributed by atoms with Crippen LogP contribution in [0.1, 0.15) is 41.8 Å². The van der Waals surface area contributed by atoms with E-state index in [4.69, 9.17) is 0 Å². The van der Waals surface area contributed by atoms with E-state index >= 15 is 0 Å². The van der Waals surface area contributed by atoms with Crippen LogP contribution < -0.4 is 5.32 Å². The van der Waals surface area contributed by atoms with E-state index in [0.717, 1.165) is 29.8 Å². The van der Waals surface area contributed by atoms with Gasteiger partial charge in [-0.3, -0.25) is 0 Å². The Morgan fingerprint density at radius 1 is 1.14 bits per heavy atom. The lowest BCUT2D eigenvalue weighted by Gasteiger charge is -2.16. The molecule has 3 heteroatoms. The fourth-order valence-corrected chi connectivity index (χ4v) is 2.59. The van der Waals surface area contributed by atoms with Crippen molar-refractivity contribution < 1.29 is 0 Å². The molecule has 1 aromatic heterocycles. The summed E-state index contributed by atoms with van der Waals surface area (Å²) in [6.45, 7) is 8.18. The van der Waals surface area contributed by atoms with Crippen LogP contribution >= 0.6 is 0 Å². The number of nitriles is 1. The monoisotopic (exact) mass is 279 g/mol. The third kappa shape index (κ3) is 3.05. The number of aryl methyl sites for hydroxylation is 4. The van der Waals surface area contributed by atoms with Crippen molar-refractivity contribution in [1.82, 2.24) is 4.98 Å². The summed E-state index contributed by atoms with van der Waals surface area (Å²) < 4.78 is 0. The van der Waals surface area contributed by atoms with Gasteiger partial charge in [-0.15, -0.1) is 0 Å². The van der Waals surface area contributed by atoms with Crippen molar-refractivity contribution in [1.29, 1.82) is 5.26 Å². The van der Waals surface area contributed by atoms with E-state index < -0.39 is 0 Å². The molecule has 0 fully saturated rings. The minimum absolute atomic E-state index is 0.619. The van der Waals surface area contributed by atoms with Crippen LogP contribution in [0.2, 0.25) is 0 Å². The van der Waals surface area contributed by atoms with Crippen molar-refractivity contribution in [3.05, 3.63) is 52.2 Å². The SMILES string of the molecule is CCc1cccc(CC)c1Nc1nc(C)cc(C)c1C#N. The van der Waals surface area contributed by atoms with E-state index in [9.17, 15) is 5.26 Å². The molecule has 0 saturated heterocycles.